The molecule has 1 heterocycles. The topological polar surface area (TPSA) is 69.7 Å². The van der Waals surface area contributed by atoms with Gasteiger partial charge in [0.2, 0.25) is 0 Å². The van der Waals surface area contributed by atoms with Crippen molar-refractivity contribution in [3.8, 4) is 5.75 Å². The summed E-state index contributed by atoms with van der Waals surface area (Å²) in [4.78, 5) is 25.9. The fourth-order valence-electron chi connectivity index (χ4n) is 3.11. The summed E-state index contributed by atoms with van der Waals surface area (Å²) in [5.41, 5.74) is 1.42. The predicted octanol–water partition coefficient (Wildman–Crippen LogP) is 2.34. The Labute approximate surface area is 139 Å². The average molecular weight is 322 g/mol. The van der Waals surface area contributed by atoms with Gasteiger partial charge in [-0.1, -0.05) is 30.3 Å². The van der Waals surface area contributed by atoms with Crippen LogP contribution in [0.5, 0.6) is 5.75 Å². The highest BCUT2D eigenvalue weighted by Gasteiger charge is 2.38. The third-order valence-electron chi connectivity index (χ3n) is 4.14. The largest absolute Gasteiger partial charge is 0.545 e. The number of carbonyl (C=O) groups excluding carboxylic acids is 2. The Morgan fingerprint density at radius 3 is 2.75 bits per heavy atom. The van der Waals surface area contributed by atoms with Gasteiger partial charge in [0, 0.05) is 17.3 Å². The lowest BCUT2D eigenvalue weighted by molar-refractivity contribution is -0.255. The van der Waals surface area contributed by atoms with Crippen molar-refractivity contribution in [2.24, 2.45) is 0 Å². The van der Waals surface area contributed by atoms with E-state index in [1.807, 2.05) is 0 Å². The second kappa shape index (κ2) is 6.20. The van der Waals surface area contributed by atoms with Gasteiger partial charge in [0.05, 0.1) is 24.7 Å². The summed E-state index contributed by atoms with van der Waals surface area (Å²) >= 11 is 0. The van der Waals surface area contributed by atoms with Gasteiger partial charge in [0.1, 0.15) is 5.75 Å². The SMILES string of the molecule is C=CCC1c2cccc(C(=O)[O-])c2C(=O)N1c1cccc(OC)c1. The van der Waals surface area contributed by atoms with Crippen molar-refractivity contribution >= 4 is 17.6 Å². The zero-order valence-electron chi connectivity index (χ0n) is 13.2. The quantitative estimate of drug-likeness (QED) is 0.792. The lowest BCUT2D eigenvalue weighted by Gasteiger charge is -2.25. The van der Waals surface area contributed by atoms with E-state index in [9.17, 15) is 14.7 Å². The Morgan fingerprint density at radius 1 is 1.33 bits per heavy atom. The number of fused-ring (bicyclic) bond motifs is 1. The number of nitrogens with zero attached hydrogens (tertiary/aromatic N) is 1. The molecule has 0 bridgehead atoms. The summed E-state index contributed by atoms with van der Waals surface area (Å²) < 4.78 is 5.22. The van der Waals surface area contributed by atoms with Gasteiger partial charge in [0.15, 0.2) is 0 Å². The van der Waals surface area contributed by atoms with Crippen LogP contribution in [0, 0.1) is 0 Å². The molecule has 0 saturated carbocycles. The molecule has 24 heavy (non-hydrogen) atoms. The molecule has 0 spiro atoms. The smallest absolute Gasteiger partial charge is 0.259 e. The number of hydrogen-bond donors (Lipinski definition) is 0. The Morgan fingerprint density at radius 2 is 2.08 bits per heavy atom. The van der Waals surface area contributed by atoms with Crippen LogP contribution in [0.1, 0.15) is 38.7 Å². The monoisotopic (exact) mass is 322 g/mol. The number of ether oxygens (including phenoxy) is 1. The first-order valence-electron chi connectivity index (χ1n) is 7.51. The van der Waals surface area contributed by atoms with Gasteiger partial charge < -0.3 is 19.5 Å². The maximum absolute atomic E-state index is 13.0. The van der Waals surface area contributed by atoms with Crippen LogP contribution in [0.4, 0.5) is 5.69 Å². The molecule has 0 aliphatic carbocycles. The maximum atomic E-state index is 13.0. The van der Waals surface area contributed by atoms with Gasteiger partial charge in [-0.3, -0.25) is 4.79 Å². The van der Waals surface area contributed by atoms with Crippen molar-refractivity contribution in [2.45, 2.75) is 12.5 Å². The third kappa shape index (κ3) is 2.44. The van der Waals surface area contributed by atoms with E-state index in [0.29, 0.717) is 23.4 Å². The minimum Gasteiger partial charge on any atom is -0.545 e. The van der Waals surface area contributed by atoms with Crippen LogP contribution in [0.2, 0.25) is 0 Å². The molecule has 0 saturated heterocycles. The van der Waals surface area contributed by atoms with E-state index in [1.165, 1.54) is 6.07 Å². The van der Waals surface area contributed by atoms with Crippen molar-refractivity contribution < 1.29 is 19.4 Å². The molecule has 2 aromatic carbocycles. The van der Waals surface area contributed by atoms with E-state index in [4.69, 9.17) is 4.74 Å². The van der Waals surface area contributed by atoms with E-state index in [2.05, 4.69) is 6.58 Å². The average Bonchev–Trinajstić information content (AvgIpc) is 2.87. The maximum Gasteiger partial charge on any atom is 0.259 e. The first kappa shape index (κ1) is 15.8. The van der Waals surface area contributed by atoms with Crippen molar-refractivity contribution in [3.05, 3.63) is 71.8 Å². The molecule has 5 nitrogen and oxygen atoms in total. The lowest BCUT2D eigenvalue weighted by Crippen LogP contribution is -2.29. The van der Waals surface area contributed by atoms with Crippen LogP contribution in [0.3, 0.4) is 0 Å². The fraction of sp³-hybridized carbons (Fsp3) is 0.158. The fourth-order valence-corrected chi connectivity index (χ4v) is 3.11. The Kier molecular flexibility index (Phi) is 4.08. The van der Waals surface area contributed by atoms with Gasteiger partial charge in [-0.2, -0.15) is 0 Å². The van der Waals surface area contributed by atoms with Crippen LogP contribution in [0.15, 0.2) is 55.1 Å². The number of rotatable bonds is 5. The molecule has 1 atom stereocenters. The van der Waals surface area contributed by atoms with E-state index in [-0.39, 0.29) is 23.1 Å². The van der Waals surface area contributed by atoms with Crippen LogP contribution in [-0.4, -0.2) is 19.0 Å². The highest BCUT2D eigenvalue weighted by Crippen LogP contribution is 2.41. The molecular formula is C19H16NO4-. The van der Waals surface area contributed by atoms with Crippen LogP contribution < -0.4 is 14.7 Å². The molecule has 0 fully saturated rings. The van der Waals surface area contributed by atoms with Crippen molar-refractivity contribution in [1.29, 1.82) is 0 Å². The van der Waals surface area contributed by atoms with E-state index in [0.717, 1.165) is 0 Å². The first-order valence-corrected chi connectivity index (χ1v) is 7.51. The summed E-state index contributed by atoms with van der Waals surface area (Å²) in [6.07, 6.45) is 2.22. The molecule has 1 unspecified atom stereocenters. The predicted molar refractivity (Wildman–Crippen MR) is 88.1 cm³/mol. The zero-order valence-corrected chi connectivity index (χ0v) is 13.2. The molecule has 0 aromatic heterocycles. The highest BCUT2D eigenvalue weighted by atomic mass is 16.5. The number of anilines is 1. The molecule has 0 radical (unpaired) electrons. The molecule has 122 valence electrons. The van der Waals surface area contributed by atoms with Gasteiger partial charge in [0.25, 0.3) is 5.91 Å². The van der Waals surface area contributed by atoms with Crippen LogP contribution in [-0.2, 0) is 0 Å². The molecule has 5 heteroatoms. The van der Waals surface area contributed by atoms with Gasteiger partial charge >= 0.3 is 0 Å². The van der Waals surface area contributed by atoms with Crippen molar-refractivity contribution in [1.82, 2.24) is 0 Å². The Hall–Kier alpha value is -3.08. The molecular weight excluding hydrogens is 306 g/mol. The molecule has 1 aliphatic rings. The van der Waals surface area contributed by atoms with Gasteiger partial charge in [-0.25, -0.2) is 0 Å². The Bertz CT molecular complexity index is 828. The number of hydrogen-bond acceptors (Lipinski definition) is 4. The highest BCUT2D eigenvalue weighted by molar-refractivity contribution is 6.16. The lowest BCUT2D eigenvalue weighted by atomic mass is 9.98. The number of amides is 1. The zero-order chi connectivity index (χ0) is 17.3. The summed E-state index contributed by atoms with van der Waals surface area (Å²) in [6.45, 7) is 3.75. The normalized spacial score (nSPS) is 16.0. The number of methoxy groups -OCH3 is 1. The summed E-state index contributed by atoms with van der Waals surface area (Å²) in [5, 5.41) is 11.4. The minimum absolute atomic E-state index is 0.0861. The number of carbonyl (C=O) groups is 2. The van der Waals surface area contributed by atoms with Crippen LogP contribution >= 0.6 is 0 Å². The summed E-state index contributed by atoms with van der Waals surface area (Å²) in [7, 11) is 1.55. The van der Waals surface area contributed by atoms with E-state index < -0.39 is 5.97 Å². The Balaban J connectivity index is 2.17. The second-order valence-corrected chi connectivity index (χ2v) is 5.47. The number of benzene rings is 2. The summed E-state index contributed by atoms with van der Waals surface area (Å²) in [6, 6.07) is 11.6. The number of carboxylic acid groups (broad SMARTS) is 1. The molecule has 3 rings (SSSR count). The molecule has 0 N–H and O–H groups in total. The standard InChI is InChI=1S/C19H17NO4/c1-3-6-16-14-9-5-10-15(19(22)23)17(14)18(21)20(16)12-7-4-8-13(11-12)24-2/h3-5,7-11,16H,1,6H2,2H3,(H,22,23)/p-1. The molecule has 1 amide bonds. The summed E-state index contributed by atoms with van der Waals surface area (Å²) in [5.74, 6) is -1.09. The van der Waals surface area contributed by atoms with Gasteiger partial charge in [-0.15, -0.1) is 6.58 Å². The number of aromatic carboxylic acids is 1. The van der Waals surface area contributed by atoms with Crippen LogP contribution in [0.25, 0.3) is 0 Å². The van der Waals surface area contributed by atoms with Crippen molar-refractivity contribution in [2.75, 3.05) is 12.0 Å². The molecule has 2 aromatic rings. The van der Waals surface area contributed by atoms with Gasteiger partial charge in [-0.05, 0) is 24.1 Å². The third-order valence-corrected chi connectivity index (χ3v) is 4.14. The van der Waals surface area contributed by atoms with Crippen molar-refractivity contribution in [3.63, 3.8) is 0 Å². The number of carboxylic acids is 1. The minimum atomic E-state index is -1.36. The van der Waals surface area contributed by atoms with E-state index in [1.54, 1.807) is 54.5 Å². The second-order valence-electron chi connectivity index (χ2n) is 5.47. The molecule has 1 aliphatic heterocycles. The first-order chi connectivity index (χ1) is 11.6. The van der Waals surface area contributed by atoms with E-state index >= 15 is 0 Å².